The van der Waals surface area contributed by atoms with Gasteiger partial charge in [0.1, 0.15) is 25.4 Å². The van der Waals surface area contributed by atoms with Crippen molar-refractivity contribution in [2.45, 2.75) is 96.1 Å². The number of nitrogens with zero attached hydrogens (tertiary/aromatic N) is 1. The third-order valence-corrected chi connectivity index (χ3v) is 5.28. The summed E-state index contributed by atoms with van der Waals surface area (Å²) in [5, 5.41) is 9.45. The largest absolute Gasteiger partial charge is 0.510 e. The Balaban J connectivity index is 1.72. The molecule has 0 amide bonds. The van der Waals surface area contributed by atoms with E-state index in [1.807, 2.05) is 6.07 Å². The van der Waals surface area contributed by atoms with E-state index in [9.17, 15) is 10.1 Å². The van der Waals surface area contributed by atoms with E-state index >= 15 is 0 Å². The normalized spacial score (nSPS) is 31.8. The molecule has 1 saturated heterocycles. The highest BCUT2D eigenvalue weighted by atomic mass is 16.8. The standard InChI is InChI=1S/C20H33NO5/c1-3-5-6-8-18-23-14-20(13-21,15-24-18)26-19(22)25-17-11-9-16(7-4-2)10-12-17/h16-18H,3-12,14-15H2,1-2H3/t16?,17?,18-,20-. The van der Waals surface area contributed by atoms with Crippen LogP contribution in [0.2, 0.25) is 0 Å². The van der Waals surface area contributed by atoms with Gasteiger partial charge in [-0.2, -0.15) is 5.26 Å². The molecule has 0 radical (unpaired) electrons. The van der Waals surface area contributed by atoms with Crippen molar-refractivity contribution in [3.05, 3.63) is 0 Å². The van der Waals surface area contributed by atoms with Crippen molar-refractivity contribution in [3.8, 4) is 6.07 Å². The molecular weight excluding hydrogens is 334 g/mol. The summed E-state index contributed by atoms with van der Waals surface area (Å²) in [6, 6.07) is 2.02. The topological polar surface area (TPSA) is 77.8 Å². The summed E-state index contributed by atoms with van der Waals surface area (Å²) >= 11 is 0. The zero-order chi connectivity index (χ0) is 18.8. The Kier molecular flexibility index (Phi) is 8.67. The molecular formula is C20H33NO5. The number of hydrogen-bond acceptors (Lipinski definition) is 6. The molecule has 0 unspecified atom stereocenters. The third kappa shape index (κ3) is 6.44. The van der Waals surface area contributed by atoms with Gasteiger partial charge < -0.3 is 18.9 Å². The van der Waals surface area contributed by atoms with Crippen LogP contribution in [0.1, 0.15) is 78.1 Å². The highest BCUT2D eigenvalue weighted by Gasteiger charge is 2.42. The Morgan fingerprint density at radius 1 is 1.08 bits per heavy atom. The van der Waals surface area contributed by atoms with Gasteiger partial charge >= 0.3 is 6.16 Å². The van der Waals surface area contributed by atoms with Gasteiger partial charge in [-0.15, -0.1) is 0 Å². The lowest BCUT2D eigenvalue weighted by atomic mass is 9.85. The van der Waals surface area contributed by atoms with Crippen LogP contribution in [0.3, 0.4) is 0 Å². The molecule has 1 heterocycles. The van der Waals surface area contributed by atoms with E-state index in [0.717, 1.165) is 57.3 Å². The van der Waals surface area contributed by atoms with Crippen LogP contribution >= 0.6 is 0 Å². The van der Waals surface area contributed by atoms with Gasteiger partial charge in [-0.25, -0.2) is 4.79 Å². The summed E-state index contributed by atoms with van der Waals surface area (Å²) in [7, 11) is 0. The molecule has 2 fully saturated rings. The van der Waals surface area contributed by atoms with E-state index in [1.165, 1.54) is 12.8 Å². The predicted molar refractivity (Wildman–Crippen MR) is 96.4 cm³/mol. The van der Waals surface area contributed by atoms with Crippen LogP contribution < -0.4 is 0 Å². The average molecular weight is 367 g/mol. The van der Waals surface area contributed by atoms with Crippen molar-refractivity contribution in [2.24, 2.45) is 5.92 Å². The Morgan fingerprint density at radius 2 is 1.77 bits per heavy atom. The molecule has 0 aromatic rings. The Morgan fingerprint density at radius 3 is 2.35 bits per heavy atom. The second-order valence-electron chi connectivity index (χ2n) is 7.55. The van der Waals surface area contributed by atoms with Gasteiger partial charge in [0.15, 0.2) is 6.29 Å². The number of unbranched alkanes of at least 4 members (excludes halogenated alkanes) is 2. The molecule has 26 heavy (non-hydrogen) atoms. The average Bonchev–Trinajstić information content (AvgIpc) is 2.65. The summed E-state index contributed by atoms with van der Waals surface area (Å²) in [6.07, 6.45) is 9.17. The lowest BCUT2D eigenvalue weighted by Crippen LogP contribution is -2.50. The van der Waals surface area contributed by atoms with Gasteiger partial charge in [0.25, 0.3) is 0 Å². The minimum absolute atomic E-state index is 0.0264. The fraction of sp³-hybridized carbons (Fsp3) is 0.900. The number of ether oxygens (including phenoxy) is 4. The molecule has 6 heteroatoms. The Hall–Kier alpha value is -1.32. The molecule has 0 atom stereocenters. The van der Waals surface area contributed by atoms with Gasteiger partial charge in [0.2, 0.25) is 5.60 Å². The molecule has 2 aliphatic rings. The van der Waals surface area contributed by atoms with E-state index in [1.54, 1.807) is 0 Å². The molecule has 148 valence electrons. The molecule has 0 aromatic heterocycles. The SMILES string of the molecule is CCCCC[C@H]1OC[C@](C#N)(OC(=O)OC2CCC(CCC)CC2)CO1. The van der Waals surface area contributed by atoms with Crippen molar-refractivity contribution in [1.29, 1.82) is 5.26 Å². The first-order valence-corrected chi connectivity index (χ1v) is 10.1. The smallest absolute Gasteiger partial charge is 0.431 e. The maximum atomic E-state index is 12.1. The Labute approximate surface area is 157 Å². The van der Waals surface area contributed by atoms with Crippen molar-refractivity contribution in [3.63, 3.8) is 0 Å². The summed E-state index contributed by atoms with van der Waals surface area (Å²) in [6.45, 7) is 4.39. The molecule has 0 N–H and O–H groups in total. The maximum absolute atomic E-state index is 12.1. The zero-order valence-corrected chi connectivity index (χ0v) is 16.2. The van der Waals surface area contributed by atoms with E-state index in [0.29, 0.717) is 0 Å². The van der Waals surface area contributed by atoms with Crippen molar-refractivity contribution < 1.29 is 23.7 Å². The predicted octanol–water partition coefficient (Wildman–Crippen LogP) is 4.71. The first-order valence-electron chi connectivity index (χ1n) is 10.1. The molecule has 0 spiro atoms. The Bertz CT molecular complexity index is 459. The quantitative estimate of drug-likeness (QED) is 0.456. The van der Waals surface area contributed by atoms with Crippen molar-refractivity contribution in [1.82, 2.24) is 0 Å². The van der Waals surface area contributed by atoms with Gasteiger partial charge in [0.05, 0.1) is 0 Å². The van der Waals surface area contributed by atoms with E-state index < -0.39 is 11.8 Å². The molecule has 1 aliphatic heterocycles. The maximum Gasteiger partial charge on any atom is 0.510 e. The van der Waals surface area contributed by atoms with Gasteiger partial charge in [-0.3, -0.25) is 0 Å². The number of hydrogen-bond donors (Lipinski definition) is 0. The molecule has 1 saturated carbocycles. The minimum Gasteiger partial charge on any atom is -0.431 e. The molecule has 6 nitrogen and oxygen atoms in total. The summed E-state index contributed by atoms with van der Waals surface area (Å²) < 4.78 is 21.9. The van der Waals surface area contributed by atoms with Crippen LogP contribution in [0.5, 0.6) is 0 Å². The van der Waals surface area contributed by atoms with Crippen LogP contribution in [0.4, 0.5) is 4.79 Å². The second-order valence-corrected chi connectivity index (χ2v) is 7.55. The van der Waals surface area contributed by atoms with E-state index in [4.69, 9.17) is 18.9 Å². The highest BCUT2D eigenvalue weighted by molar-refractivity contribution is 5.61. The summed E-state index contributed by atoms with van der Waals surface area (Å²) in [5.74, 6) is 0.742. The summed E-state index contributed by atoms with van der Waals surface area (Å²) in [5.41, 5.74) is -1.41. The minimum atomic E-state index is -1.41. The van der Waals surface area contributed by atoms with Crippen LogP contribution in [0.25, 0.3) is 0 Å². The van der Waals surface area contributed by atoms with Crippen LogP contribution in [0.15, 0.2) is 0 Å². The second kappa shape index (κ2) is 10.7. The molecule has 0 aromatic carbocycles. The molecule has 1 aliphatic carbocycles. The number of carbonyl (C=O) groups excluding carboxylic acids is 1. The van der Waals surface area contributed by atoms with Gasteiger partial charge in [-0.05, 0) is 44.4 Å². The van der Waals surface area contributed by atoms with E-state index in [-0.39, 0.29) is 25.6 Å². The van der Waals surface area contributed by atoms with Gasteiger partial charge in [0, 0.05) is 0 Å². The lowest BCUT2D eigenvalue weighted by Gasteiger charge is -2.35. The van der Waals surface area contributed by atoms with Crippen LogP contribution in [-0.2, 0) is 18.9 Å². The van der Waals surface area contributed by atoms with Crippen LogP contribution in [0, 0.1) is 17.2 Å². The van der Waals surface area contributed by atoms with Crippen LogP contribution in [-0.4, -0.2) is 37.4 Å². The van der Waals surface area contributed by atoms with Gasteiger partial charge in [-0.1, -0.05) is 39.5 Å². The highest BCUT2D eigenvalue weighted by Crippen LogP contribution is 2.30. The number of carbonyl (C=O) groups is 1. The first-order chi connectivity index (χ1) is 12.6. The molecule has 2 rings (SSSR count). The lowest BCUT2D eigenvalue weighted by molar-refractivity contribution is -0.242. The number of rotatable bonds is 8. The van der Waals surface area contributed by atoms with E-state index in [2.05, 4.69) is 13.8 Å². The number of nitriles is 1. The molecule has 0 bridgehead atoms. The van der Waals surface area contributed by atoms with Crippen molar-refractivity contribution >= 4 is 6.16 Å². The van der Waals surface area contributed by atoms with Crippen molar-refractivity contribution in [2.75, 3.05) is 13.2 Å². The first kappa shape index (κ1) is 21.0. The summed E-state index contributed by atoms with van der Waals surface area (Å²) in [4.78, 5) is 12.1. The fourth-order valence-electron chi connectivity index (χ4n) is 3.69. The zero-order valence-electron chi connectivity index (χ0n) is 16.2. The third-order valence-electron chi connectivity index (χ3n) is 5.28. The fourth-order valence-corrected chi connectivity index (χ4v) is 3.69. The monoisotopic (exact) mass is 367 g/mol.